The van der Waals surface area contributed by atoms with Crippen LogP contribution < -0.4 is 10.2 Å². The molecule has 4 aliphatic rings. The molecule has 4 aliphatic carbocycles. The molecule has 2 aromatic carbocycles. The molecule has 0 radical (unpaired) electrons. The maximum atomic E-state index is 12.2. The van der Waals surface area contributed by atoms with Gasteiger partial charge in [-0.1, -0.05) is 29.8 Å². The lowest BCUT2D eigenvalue weighted by atomic mass is 9.48. The first-order valence-corrected chi connectivity index (χ1v) is 13.1. The van der Waals surface area contributed by atoms with Crippen molar-refractivity contribution < 1.29 is 9.53 Å². The second-order valence-corrected chi connectivity index (χ2v) is 11.3. The maximum Gasteiger partial charge on any atom is 0.339 e. The number of carbonyl (C=O) groups excluding carboxylic acids is 1. The zero-order chi connectivity index (χ0) is 24.9. The van der Waals surface area contributed by atoms with E-state index in [2.05, 4.69) is 33.5 Å². The number of rotatable bonds is 6. The van der Waals surface area contributed by atoms with E-state index in [9.17, 15) is 4.79 Å². The number of halogens is 1. The normalized spacial score (nSPS) is 26.0. The molecule has 4 saturated carbocycles. The Bertz CT molecular complexity index is 1260. The highest BCUT2D eigenvalue weighted by molar-refractivity contribution is 6.33. The largest absolute Gasteiger partial charge is 0.465 e. The lowest BCUT2D eigenvalue weighted by Crippen LogP contribution is -2.48. The van der Waals surface area contributed by atoms with E-state index in [0.717, 1.165) is 28.5 Å². The molecule has 1 heterocycles. The van der Waals surface area contributed by atoms with Crippen molar-refractivity contribution in [2.45, 2.75) is 43.9 Å². The summed E-state index contributed by atoms with van der Waals surface area (Å²) in [5.41, 5.74) is 3.73. The summed E-state index contributed by atoms with van der Waals surface area (Å²) in [7, 11) is 3.22. The number of benzene rings is 2. The minimum absolute atomic E-state index is 0.323. The van der Waals surface area contributed by atoms with E-state index in [1.54, 1.807) is 24.5 Å². The Morgan fingerprint density at radius 1 is 1.03 bits per heavy atom. The third kappa shape index (κ3) is 4.11. The molecule has 186 valence electrons. The van der Waals surface area contributed by atoms with Crippen molar-refractivity contribution in [2.75, 3.05) is 24.4 Å². The van der Waals surface area contributed by atoms with Gasteiger partial charge in [-0.2, -0.15) is 0 Å². The first kappa shape index (κ1) is 23.3. The molecule has 7 rings (SSSR count). The van der Waals surface area contributed by atoms with Gasteiger partial charge < -0.3 is 15.0 Å². The molecule has 0 saturated heterocycles. The molecule has 1 N–H and O–H groups in total. The summed E-state index contributed by atoms with van der Waals surface area (Å²) in [6.07, 6.45) is 11.6. The van der Waals surface area contributed by atoms with E-state index in [1.165, 1.54) is 51.2 Å². The first-order chi connectivity index (χ1) is 17.4. The second kappa shape index (κ2) is 9.07. The van der Waals surface area contributed by atoms with Crippen LogP contribution in [0.4, 0.5) is 23.0 Å². The zero-order valence-electron chi connectivity index (χ0n) is 20.7. The maximum absolute atomic E-state index is 12.2. The van der Waals surface area contributed by atoms with Crippen molar-refractivity contribution in [3.05, 3.63) is 71.0 Å². The summed E-state index contributed by atoms with van der Waals surface area (Å²) >= 11 is 6.78. The predicted octanol–water partition coefficient (Wildman–Crippen LogP) is 6.90. The van der Waals surface area contributed by atoms with E-state index in [4.69, 9.17) is 16.3 Å². The number of hydrogen-bond acceptors (Lipinski definition) is 6. The molecule has 0 aliphatic heterocycles. The molecule has 0 spiro atoms. The summed E-state index contributed by atoms with van der Waals surface area (Å²) < 4.78 is 4.91. The number of hydrogen-bond donors (Lipinski definition) is 1. The van der Waals surface area contributed by atoms with Crippen molar-refractivity contribution >= 4 is 40.6 Å². The number of para-hydroxylation sites is 1. The van der Waals surface area contributed by atoms with E-state index in [1.807, 2.05) is 24.1 Å². The molecule has 4 fully saturated rings. The second-order valence-electron chi connectivity index (χ2n) is 10.8. The van der Waals surface area contributed by atoms with Gasteiger partial charge in [-0.05, 0) is 91.5 Å². The summed E-state index contributed by atoms with van der Waals surface area (Å²) in [5, 5.41) is 4.04. The molecular weight excluding hydrogens is 472 g/mol. The van der Waals surface area contributed by atoms with Gasteiger partial charge in [-0.15, -0.1) is 0 Å². The van der Waals surface area contributed by atoms with Gasteiger partial charge in [0.25, 0.3) is 0 Å². The predicted molar refractivity (Wildman–Crippen MR) is 142 cm³/mol. The molecule has 0 amide bonds. The van der Waals surface area contributed by atoms with E-state index in [0.29, 0.717) is 28.3 Å². The molecule has 36 heavy (non-hydrogen) atoms. The van der Waals surface area contributed by atoms with Crippen molar-refractivity contribution in [3.63, 3.8) is 0 Å². The van der Waals surface area contributed by atoms with Crippen LogP contribution in [0.1, 0.15) is 54.4 Å². The van der Waals surface area contributed by atoms with E-state index < -0.39 is 5.97 Å². The SMILES string of the molecule is COC(=O)c1ccccc1N(C)c1cnc(Nc2ccc(C34CC5CC(CC(C5)C3)C4)cc2Cl)cn1. The number of methoxy groups -OCH3 is 1. The lowest BCUT2D eigenvalue weighted by molar-refractivity contribution is -0.00517. The molecule has 0 unspecified atom stereocenters. The van der Waals surface area contributed by atoms with Crippen LogP contribution in [0.5, 0.6) is 0 Å². The zero-order valence-corrected chi connectivity index (χ0v) is 21.5. The van der Waals surface area contributed by atoms with Gasteiger partial charge in [0.15, 0.2) is 5.82 Å². The smallest absolute Gasteiger partial charge is 0.339 e. The van der Waals surface area contributed by atoms with Crippen LogP contribution in [0.15, 0.2) is 54.9 Å². The number of anilines is 4. The fourth-order valence-electron chi connectivity index (χ4n) is 7.28. The van der Waals surface area contributed by atoms with Crippen molar-refractivity contribution in [1.82, 2.24) is 9.97 Å². The monoisotopic (exact) mass is 502 g/mol. The highest BCUT2D eigenvalue weighted by atomic mass is 35.5. The number of nitrogens with zero attached hydrogens (tertiary/aromatic N) is 3. The van der Waals surface area contributed by atoms with Crippen LogP contribution in [0.2, 0.25) is 5.02 Å². The Morgan fingerprint density at radius 2 is 1.72 bits per heavy atom. The van der Waals surface area contributed by atoms with Gasteiger partial charge in [0.1, 0.15) is 5.82 Å². The average Bonchev–Trinajstić information content (AvgIpc) is 2.88. The van der Waals surface area contributed by atoms with Crippen molar-refractivity contribution in [1.29, 1.82) is 0 Å². The van der Waals surface area contributed by atoms with Crippen LogP contribution >= 0.6 is 11.6 Å². The Balaban J connectivity index is 1.19. The summed E-state index contributed by atoms with van der Waals surface area (Å²) in [5.74, 6) is 3.53. The van der Waals surface area contributed by atoms with Crippen molar-refractivity contribution in [2.24, 2.45) is 17.8 Å². The van der Waals surface area contributed by atoms with Crippen LogP contribution in [-0.4, -0.2) is 30.1 Å². The van der Waals surface area contributed by atoms with Gasteiger partial charge in [0.2, 0.25) is 0 Å². The fraction of sp³-hybridized carbons (Fsp3) is 0.414. The standard InChI is InChI=1S/C29H31ClN4O2/c1-34(25-6-4-3-5-22(25)28(35)36-2)27-17-31-26(16-32-27)33-24-8-7-21(12-23(24)30)29-13-18-9-19(14-29)11-20(10-18)15-29/h3-8,12,16-20H,9-11,13-15H2,1-2H3,(H,31,33). The number of aromatic nitrogens is 2. The summed E-state index contributed by atoms with van der Waals surface area (Å²) in [6.45, 7) is 0. The van der Waals surface area contributed by atoms with E-state index >= 15 is 0 Å². The molecule has 1 aromatic heterocycles. The molecule has 3 aromatic rings. The number of ether oxygens (including phenoxy) is 1. The molecule has 7 heteroatoms. The Morgan fingerprint density at radius 3 is 2.33 bits per heavy atom. The third-order valence-corrected chi connectivity index (χ3v) is 8.85. The number of nitrogens with one attached hydrogen (secondary N) is 1. The summed E-state index contributed by atoms with van der Waals surface area (Å²) in [4.78, 5) is 23.1. The van der Waals surface area contributed by atoms with Gasteiger partial charge in [-0.25, -0.2) is 14.8 Å². The van der Waals surface area contributed by atoms with Gasteiger partial charge in [0, 0.05) is 7.05 Å². The van der Waals surface area contributed by atoms with Gasteiger partial charge in [0.05, 0.1) is 41.5 Å². The highest BCUT2D eigenvalue weighted by Gasteiger charge is 2.51. The van der Waals surface area contributed by atoms with Crippen LogP contribution in [0.25, 0.3) is 0 Å². The molecule has 0 atom stereocenters. The molecule has 4 bridgehead atoms. The van der Waals surface area contributed by atoms with Crippen LogP contribution in [0.3, 0.4) is 0 Å². The quantitative estimate of drug-likeness (QED) is 0.370. The van der Waals surface area contributed by atoms with Gasteiger partial charge >= 0.3 is 5.97 Å². The minimum Gasteiger partial charge on any atom is -0.465 e. The highest BCUT2D eigenvalue weighted by Crippen LogP contribution is 2.61. The molecule has 6 nitrogen and oxygen atoms in total. The fourth-order valence-corrected chi connectivity index (χ4v) is 7.51. The van der Waals surface area contributed by atoms with Crippen LogP contribution in [-0.2, 0) is 10.2 Å². The average molecular weight is 503 g/mol. The Labute approximate surface area is 217 Å². The first-order valence-electron chi connectivity index (χ1n) is 12.7. The Hall–Kier alpha value is -3.12. The van der Waals surface area contributed by atoms with Gasteiger partial charge in [-0.3, -0.25) is 0 Å². The van der Waals surface area contributed by atoms with Crippen molar-refractivity contribution in [3.8, 4) is 0 Å². The molecular formula is C29H31ClN4O2. The number of esters is 1. The van der Waals surface area contributed by atoms with E-state index in [-0.39, 0.29) is 0 Å². The number of carbonyl (C=O) groups is 1. The topological polar surface area (TPSA) is 67.3 Å². The minimum atomic E-state index is -0.393. The lowest BCUT2D eigenvalue weighted by Gasteiger charge is -2.57. The third-order valence-electron chi connectivity index (χ3n) is 8.54. The summed E-state index contributed by atoms with van der Waals surface area (Å²) in [6, 6.07) is 13.8. The van der Waals surface area contributed by atoms with Crippen LogP contribution in [0, 0.1) is 17.8 Å². The Kier molecular flexibility index (Phi) is 5.87.